The average Bonchev–Trinajstić information content (AvgIpc) is 3.55. The molecule has 0 aliphatic carbocycles. The number of nitrogens with zero attached hydrogens (tertiary/aromatic N) is 4. The minimum atomic E-state index is -0.250. The smallest absolute Gasteiger partial charge is 0.228 e. The molecule has 1 aromatic carbocycles. The molecular formula is C24H27N5O3S. The lowest BCUT2D eigenvalue weighted by molar-refractivity contribution is -0.121. The van der Waals surface area contributed by atoms with Gasteiger partial charge in [-0.3, -0.25) is 4.79 Å². The Bertz CT molecular complexity index is 1200. The number of aromatic nitrogens is 2. The Labute approximate surface area is 196 Å². The molecule has 3 saturated heterocycles. The number of anilines is 2. The minimum absolute atomic E-state index is 0.153. The van der Waals surface area contributed by atoms with Crippen LogP contribution in [0.4, 0.5) is 11.8 Å². The van der Waals surface area contributed by atoms with Crippen LogP contribution in [-0.2, 0) is 9.53 Å². The fourth-order valence-corrected chi connectivity index (χ4v) is 6.38. The molecule has 8 nitrogen and oxygen atoms in total. The van der Waals surface area contributed by atoms with Gasteiger partial charge in [-0.1, -0.05) is 18.2 Å². The zero-order chi connectivity index (χ0) is 22.5. The van der Waals surface area contributed by atoms with E-state index in [4.69, 9.17) is 25.2 Å². The number of primary amides is 1. The molecule has 172 valence electrons. The summed E-state index contributed by atoms with van der Waals surface area (Å²) >= 11 is 1.63. The molecule has 2 N–H and O–H groups in total. The number of rotatable bonds is 5. The Balaban J connectivity index is 1.52. The van der Waals surface area contributed by atoms with Crippen LogP contribution in [0.3, 0.4) is 0 Å². The maximum absolute atomic E-state index is 11.7. The quantitative estimate of drug-likeness (QED) is 0.619. The fraction of sp³-hybridized carbons (Fsp3) is 0.458. The number of morpholine rings is 1. The van der Waals surface area contributed by atoms with Gasteiger partial charge in [-0.25, -0.2) is 4.98 Å². The Morgan fingerprint density at radius 3 is 2.67 bits per heavy atom. The van der Waals surface area contributed by atoms with Gasteiger partial charge in [0.15, 0.2) is 0 Å². The van der Waals surface area contributed by atoms with Gasteiger partial charge < -0.3 is 25.0 Å². The highest BCUT2D eigenvalue weighted by molar-refractivity contribution is 7.17. The van der Waals surface area contributed by atoms with Crippen molar-refractivity contribution < 1.29 is 14.3 Å². The third-order valence-electron chi connectivity index (χ3n) is 7.16. The van der Waals surface area contributed by atoms with Crippen LogP contribution in [0.15, 0.2) is 29.6 Å². The summed E-state index contributed by atoms with van der Waals surface area (Å²) in [4.78, 5) is 27.4. The largest absolute Gasteiger partial charge is 0.496 e. The van der Waals surface area contributed by atoms with Crippen LogP contribution in [0.2, 0.25) is 0 Å². The first-order valence-corrected chi connectivity index (χ1v) is 12.3. The zero-order valence-electron chi connectivity index (χ0n) is 18.6. The molecule has 3 fully saturated rings. The molecule has 3 atom stereocenters. The second-order valence-corrected chi connectivity index (χ2v) is 9.90. The highest BCUT2D eigenvalue weighted by Crippen LogP contribution is 2.45. The van der Waals surface area contributed by atoms with Crippen LogP contribution in [0.25, 0.3) is 21.3 Å². The van der Waals surface area contributed by atoms with Gasteiger partial charge in [-0.2, -0.15) is 4.98 Å². The number of thiophene rings is 1. The molecule has 3 aliphatic rings. The van der Waals surface area contributed by atoms with E-state index in [9.17, 15) is 4.79 Å². The SMILES string of the molecule is COc1ccccc1-c1csc2nc(N3CCC(C(N)=O)C3)nc(N3C4CCC3COC4)c12. The van der Waals surface area contributed by atoms with Crippen molar-refractivity contribution >= 4 is 39.2 Å². The summed E-state index contributed by atoms with van der Waals surface area (Å²) < 4.78 is 11.5. The Hall–Kier alpha value is -2.91. The van der Waals surface area contributed by atoms with Crippen molar-refractivity contribution in [2.24, 2.45) is 11.7 Å². The van der Waals surface area contributed by atoms with Crippen molar-refractivity contribution in [3.05, 3.63) is 29.6 Å². The predicted octanol–water partition coefficient (Wildman–Crippen LogP) is 3.05. The number of hydrogen-bond acceptors (Lipinski definition) is 8. The van der Waals surface area contributed by atoms with Crippen LogP contribution >= 0.6 is 11.3 Å². The van der Waals surface area contributed by atoms with E-state index in [1.54, 1.807) is 18.4 Å². The maximum Gasteiger partial charge on any atom is 0.228 e. The van der Waals surface area contributed by atoms with E-state index in [0.29, 0.717) is 24.6 Å². The van der Waals surface area contributed by atoms with E-state index in [-0.39, 0.29) is 11.8 Å². The van der Waals surface area contributed by atoms with Gasteiger partial charge in [0, 0.05) is 29.6 Å². The molecule has 9 heteroatoms. The number of amides is 1. The molecular weight excluding hydrogens is 438 g/mol. The van der Waals surface area contributed by atoms with Gasteiger partial charge in [0.25, 0.3) is 0 Å². The Morgan fingerprint density at radius 1 is 1.15 bits per heavy atom. The van der Waals surface area contributed by atoms with E-state index < -0.39 is 0 Å². The molecule has 3 aromatic rings. The van der Waals surface area contributed by atoms with E-state index >= 15 is 0 Å². The standard InChI is InChI=1S/C24H27N5O3S/c1-31-19-5-3-2-4-17(19)18-13-33-23-20(18)22(29-15-6-7-16(29)12-32-11-15)26-24(27-23)28-9-8-14(10-28)21(25)30/h2-5,13-16H,6-12H2,1H3,(H2,25,30). The summed E-state index contributed by atoms with van der Waals surface area (Å²) in [5, 5.41) is 3.22. The number of ether oxygens (including phenoxy) is 2. The molecule has 0 spiro atoms. The van der Waals surface area contributed by atoms with Crippen molar-refractivity contribution in [2.75, 3.05) is 43.2 Å². The van der Waals surface area contributed by atoms with E-state index in [2.05, 4.69) is 21.2 Å². The van der Waals surface area contributed by atoms with E-state index in [1.165, 1.54) is 0 Å². The van der Waals surface area contributed by atoms with Crippen molar-refractivity contribution in [2.45, 2.75) is 31.3 Å². The first kappa shape index (κ1) is 20.7. The summed E-state index contributed by atoms with van der Waals surface area (Å²) in [6.45, 7) is 2.75. The van der Waals surface area contributed by atoms with Gasteiger partial charge in [0.1, 0.15) is 16.4 Å². The zero-order valence-corrected chi connectivity index (χ0v) is 19.4. The first-order chi connectivity index (χ1) is 16.1. The fourth-order valence-electron chi connectivity index (χ4n) is 5.45. The molecule has 0 saturated carbocycles. The van der Waals surface area contributed by atoms with Gasteiger partial charge in [-0.05, 0) is 25.3 Å². The van der Waals surface area contributed by atoms with Crippen LogP contribution < -0.4 is 20.3 Å². The van der Waals surface area contributed by atoms with Crippen LogP contribution in [0, 0.1) is 5.92 Å². The van der Waals surface area contributed by atoms with Crippen LogP contribution in [0.1, 0.15) is 19.3 Å². The second kappa shape index (κ2) is 8.14. The van der Waals surface area contributed by atoms with Gasteiger partial charge >= 0.3 is 0 Å². The molecule has 3 unspecified atom stereocenters. The van der Waals surface area contributed by atoms with Crippen molar-refractivity contribution in [1.82, 2.24) is 9.97 Å². The van der Waals surface area contributed by atoms with Gasteiger partial charge in [0.2, 0.25) is 11.9 Å². The second-order valence-electron chi connectivity index (χ2n) is 9.04. The summed E-state index contributed by atoms with van der Waals surface area (Å²) in [6.07, 6.45) is 2.95. The van der Waals surface area contributed by atoms with Crippen molar-refractivity contribution in [3.8, 4) is 16.9 Å². The average molecular weight is 466 g/mol. The summed E-state index contributed by atoms with van der Waals surface area (Å²) in [6, 6.07) is 8.72. The van der Waals surface area contributed by atoms with E-state index in [0.717, 1.165) is 71.9 Å². The molecule has 0 radical (unpaired) electrons. The lowest BCUT2D eigenvalue weighted by atomic mass is 10.0. The molecule has 5 heterocycles. The normalized spacial score (nSPS) is 24.6. The third kappa shape index (κ3) is 3.41. The molecule has 33 heavy (non-hydrogen) atoms. The number of para-hydroxylation sites is 1. The van der Waals surface area contributed by atoms with Crippen LogP contribution in [-0.4, -0.2) is 61.4 Å². The van der Waals surface area contributed by atoms with Crippen molar-refractivity contribution in [3.63, 3.8) is 0 Å². The number of methoxy groups -OCH3 is 1. The molecule has 6 rings (SSSR count). The Morgan fingerprint density at radius 2 is 1.94 bits per heavy atom. The number of benzene rings is 1. The monoisotopic (exact) mass is 465 g/mol. The lowest BCUT2D eigenvalue weighted by Gasteiger charge is -2.36. The van der Waals surface area contributed by atoms with Gasteiger partial charge in [0.05, 0.1) is 43.7 Å². The molecule has 3 aliphatic heterocycles. The molecule has 1 amide bonds. The first-order valence-electron chi connectivity index (χ1n) is 11.5. The number of hydrogen-bond donors (Lipinski definition) is 1. The van der Waals surface area contributed by atoms with E-state index in [1.807, 2.05) is 18.2 Å². The maximum atomic E-state index is 11.7. The minimum Gasteiger partial charge on any atom is -0.496 e. The highest BCUT2D eigenvalue weighted by Gasteiger charge is 2.40. The Kier molecular flexibility index (Phi) is 5.10. The lowest BCUT2D eigenvalue weighted by Crippen LogP contribution is -2.46. The summed E-state index contributed by atoms with van der Waals surface area (Å²) in [5.41, 5.74) is 7.71. The predicted molar refractivity (Wildman–Crippen MR) is 129 cm³/mol. The summed E-state index contributed by atoms with van der Waals surface area (Å²) in [7, 11) is 1.70. The van der Waals surface area contributed by atoms with Crippen molar-refractivity contribution in [1.29, 1.82) is 0 Å². The number of carbonyl (C=O) groups is 1. The topological polar surface area (TPSA) is 93.8 Å². The molecule has 2 bridgehead atoms. The van der Waals surface area contributed by atoms with Gasteiger partial charge in [-0.15, -0.1) is 11.3 Å². The highest BCUT2D eigenvalue weighted by atomic mass is 32.1. The van der Waals surface area contributed by atoms with Crippen LogP contribution in [0.5, 0.6) is 5.75 Å². The number of carbonyl (C=O) groups excluding carboxylic acids is 1. The summed E-state index contributed by atoms with van der Waals surface area (Å²) in [5.74, 6) is 2.08. The number of nitrogens with two attached hydrogens (primary N) is 1. The number of fused-ring (bicyclic) bond motifs is 3. The molecule has 2 aromatic heterocycles. The third-order valence-corrected chi connectivity index (χ3v) is 8.03.